The normalized spacial score (nSPS) is 16.9. The van der Waals surface area contributed by atoms with Gasteiger partial charge in [-0.2, -0.15) is 0 Å². The van der Waals surface area contributed by atoms with Crippen LogP contribution >= 0.6 is 0 Å². The summed E-state index contributed by atoms with van der Waals surface area (Å²) in [5, 5.41) is 41.7. The van der Waals surface area contributed by atoms with Gasteiger partial charge in [-0.1, -0.05) is 0 Å². The molecule has 0 spiro atoms. The molecule has 0 radical (unpaired) electrons. The van der Waals surface area contributed by atoms with Gasteiger partial charge >= 0.3 is 0 Å². The second-order valence-electron chi connectivity index (χ2n) is 1.51. The number of hydrogen-bond acceptors (Lipinski definition) is 5. The first kappa shape index (κ1) is 8.64. The first-order valence-electron chi connectivity index (χ1n) is 2.38. The summed E-state index contributed by atoms with van der Waals surface area (Å²) in [5.41, 5.74) is 0. The molecule has 0 aromatic heterocycles. The lowest BCUT2D eigenvalue weighted by atomic mass is 10.3. The maximum Gasteiger partial charge on any atom is 0.174 e. The molecule has 0 saturated carbocycles. The Labute approximate surface area is 56.8 Å². The second-order valence-corrected chi connectivity index (χ2v) is 1.51. The fourth-order valence-corrected chi connectivity index (χ4v) is 0.293. The Bertz CT molecular complexity index is 141. The molecule has 0 aliphatic carbocycles. The van der Waals surface area contributed by atoms with Gasteiger partial charge < -0.3 is 25.5 Å². The average molecular weight is 148 g/mol. The van der Waals surface area contributed by atoms with Crippen molar-refractivity contribution < 1.29 is 25.5 Å². The monoisotopic (exact) mass is 148 g/mol. The van der Waals surface area contributed by atoms with Crippen molar-refractivity contribution in [2.24, 2.45) is 0 Å². The van der Waals surface area contributed by atoms with Crippen molar-refractivity contribution in [2.45, 2.75) is 6.10 Å². The molecule has 0 aliphatic heterocycles. The van der Waals surface area contributed by atoms with Crippen molar-refractivity contribution >= 4 is 0 Å². The lowest BCUT2D eigenvalue weighted by molar-refractivity contribution is 0.125. The van der Waals surface area contributed by atoms with Crippen LogP contribution in [-0.4, -0.2) is 31.6 Å². The number of rotatable bonds is 2. The molecule has 0 heterocycles. The van der Waals surface area contributed by atoms with Crippen LogP contribution in [0.4, 0.5) is 0 Å². The molecule has 0 aromatic carbocycles. The van der Waals surface area contributed by atoms with E-state index in [1.807, 2.05) is 0 Å². The van der Waals surface area contributed by atoms with E-state index >= 15 is 0 Å². The van der Waals surface area contributed by atoms with Crippen molar-refractivity contribution in [1.29, 1.82) is 0 Å². The first-order chi connectivity index (χ1) is 4.63. The molecule has 5 nitrogen and oxygen atoms in total. The van der Waals surface area contributed by atoms with Crippen molar-refractivity contribution in [2.75, 3.05) is 0 Å². The van der Waals surface area contributed by atoms with Crippen LogP contribution in [0.3, 0.4) is 0 Å². The zero-order valence-electron chi connectivity index (χ0n) is 4.97. The van der Waals surface area contributed by atoms with Crippen molar-refractivity contribution in [3.05, 3.63) is 24.0 Å². The van der Waals surface area contributed by atoms with Crippen LogP contribution in [-0.2, 0) is 0 Å². The third-order valence-electron chi connectivity index (χ3n) is 0.825. The molecule has 1 atom stereocenters. The van der Waals surface area contributed by atoms with E-state index in [-0.39, 0.29) is 12.5 Å². The van der Waals surface area contributed by atoms with Gasteiger partial charge in [0, 0.05) is 0 Å². The maximum absolute atomic E-state index is 8.63. The molecule has 5 N–H and O–H groups in total. The molecule has 58 valence electrons. The molecule has 0 saturated heterocycles. The highest BCUT2D eigenvalue weighted by Gasteiger charge is 2.14. The van der Waals surface area contributed by atoms with Crippen molar-refractivity contribution in [1.82, 2.24) is 0 Å². The van der Waals surface area contributed by atoms with Crippen molar-refractivity contribution in [3.63, 3.8) is 0 Å². The highest BCUT2D eigenvalue weighted by atomic mass is 16.4. The third kappa shape index (κ3) is 1.87. The van der Waals surface area contributed by atoms with Gasteiger partial charge in [0.05, 0.1) is 0 Å². The largest absolute Gasteiger partial charge is 0.512 e. The van der Waals surface area contributed by atoms with Crippen LogP contribution in [0, 0.1) is 0 Å². The van der Waals surface area contributed by atoms with E-state index in [9.17, 15) is 0 Å². The summed E-state index contributed by atoms with van der Waals surface area (Å²) >= 11 is 0. The van der Waals surface area contributed by atoms with Crippen LogP contribution in [0.15, 0.2) is 24.0 Å². The Morgan fingerprint density at radius 1 is 1.00 bits per heavy atom. The molecule has 10 heavy (non-hydrogen) atoms. The Morgan fingerprint density at radius 3 is 1.50 bits per heavy atom. The highest BCUT2D eigenvalue weighted by molar-refractivity contribution is 5.08. The molecular formula is C5H8O5. The SMILES string of the molecule is OC=C(O)C(O)/C(O)=C/O. The van der Waals surface area contributed by atoms with E-state index in [0.29, 0.717) is 0 Å². The third-order valence-corrected chi connectivity index (χ3v) is 0.825. The van der Waals surface area contributed by atoms with Gasteiger partial charge in [0.2, 0.25) is 0 Å². The van der Waals surface area contributed by atoms with E-state index in [1.165, 1.54) is 0 Å². The van der Waals surface area contributed by atoms with Crippen LogP contribution in [0.2, 0.25) is 0 Å². The van der Waals surface area contributed by atoms with E-state index in [1.54, 1.807) is 0 Å². The molecule has 0 rings (SSSR count). The minimum absolute atomic E-state index is 0.213. The molecular weight excluding hydrogens is 140 g/mol. The van der Waals surface area contributed by atoms with Gasteiger partial charge in [-0.25, -0.2) is 0 Å². The van der Waals surface area contributed by atoms with Crippen LogP contribution in [0.1, 0.15) is 0 Å². The minimum Gasteiger partial charge on any atom is -0.512 e. The van der Waals surface area contributed by atoms with E-state index < -0.39 is 17.6 Å². The molecule has 1 unspecified atom stereocenters. The molecule has 0 amide bonds. The smallest absolute Gasteiger partial charge is 0.174 e. The van der Waals surface area contributed by atoms with Gasteiger partial charge in [-0.05, 0) is 0 Å². The van der Waals surface area contributed by atoms with E-state index in [4.69, 9.17) is 25.5 Å². The summed E-state index contributed by atoms with van der Waals surface area (Å²) < 4.78 is 0. The van der Waals surface area contributed by atoms with Crippen LogP contribution in [0.25, 0.3) is 0 Å². The summed E-state index contributed by atoms with van der Waals surface area (Å²) in [5.74, 6) is -1.69. The van der Waals surface area contributed by atoms with Crippen molar-refractivity contribution in [3.8, 4) is 0 Å². The molecule has 0 fully saturated rings. The fraction of sp³-hybridized carbons (Fsp3) is 0.200. The molecule has 0 aromatic rings. The van der Waals surface area contributed by atoms with E-state index in [0.717, 1.165) is 0 Å². The topological polar surface area (TPSA) is 101 Å². The average Bonchev–Trinajstić information content (AvgIpc) is 2.00. The van der Waals surface area contributed by atoms with Gasteiger partial charge in [0.25, 0.3) is 0 Å². The maximum atomic E-state index is 8.63. The summed E-state index contributed by atoms with van der Waals surface area (Å²) in [6.45, 7) is 0. The molecule has 5 heteroatoms. The minimum atomic E-state index is -1.77. The molecule has 0 bridgehead atoms. The van der Waals surface area contributed by atoms with Gasteiger partial charge in [0.1, 0.15) is 12.5 Å². The quantitative estimate of drug-likeness (QED) is 0.361. The lowest BCUT2D eigenvalue weighted by Crippen LogP contribution is -2.13. The van der Waals surface area contributed by atoms with Crippen LogP contribution < -0.4 is 0 Å². The first-order valence-corrected chi connectivity index (χ1v) is 2.38. The van der Waals surface area contributed by atoms with Gasteiger partial charge in [-0.3, -0.25) is 0 Å². The predicted octanol–water partition coefficient (Wildman–Crippen LogP) is 0.262. The van der Waals surface area contributed by atoms with Gasteiger partial charge in [-0.15, -0.1) is 0 Å². The summed E-state index contributed by atoms with van der Waals surface area (Å²) in [4.78, 5) is 0. The second kappa shape index (κ2) is 3.62. The summed E-state index contributed by atoms with van der Waals surface area (Å²) in [6.07, 6.45) is -1.34. The van der Waals surface area contributed by atoms with E-state index in [2.05, 4.69) is 0 Å². The predicted molar refractivity (Wildman–Crippen MR) is 32.7 cm³/mol. The summed E-state index contributed by atoms with van der Waals surface area (Å²) in [6, 6.07) is 0. The number of aliphatic hydroxyl groups excluding tert-OH is 5. The molecule has 0 aliphatic rings. The lowest BCUT2D eigenvalue weighted by Gasteiger charge is -2.05. The Morgan fingerprint density at radius 2 is 1.30 bits per heavy atom. The summed E-state index contributed by atoms with van der Waals surface area (Å²) in [7, 11) is 0. The Balaban J connectivity index is 4.22. The van der Waals surface area contributed by atoms with Crippen LogP contribution in [0.5, 0.6) is 0 Å². The number of hydrogen-bond donors (Lipinski definition) is 5. The highest BCUT2D eigenvalue weighted by Crippen LogP contribution is 2.04. The number of aliphatic hydroxyl groups is 5. The van der Waals surface area contributed by atoms with Gasteiger partial charge in [0.15, 0.2) is 17.6 Å². The fourth-order valence-electron chi connectivity index (χ4n) is 0.293. The standard InChI is InChI=1S/C5H8O5/c6-1-3(8)5(10)4(9)2-7/h1-2,5-10H/b3-1-,4-2?. The Kier molecular flexibility index (Phi) is 3.13. The zero-order valence-corrected chi connectivity index (χ0v) is 4.97. The zero-order chi connectivity index (χ0) is 8.15. The Hall–Kier alpha value is -1.36.